The SMILES string of the molecule is N/C(=N\O)C12CCC(I)(CC1)CC2. The van der Waals surface area contributed by atoms with Crippen molar-refractivity contribution in [1.82, 2.24) is 0 Å². The number of alkyl halides is 1. The molecule has 0 saturated heterocycles. The summed E-state index contributed by atoms with van der Waals surface area (Å²) in [7, 11) is 0. The number of fused-ring (bicyclic) bond motifs is 3. The second kappa shape index (κ2) is 3.00. The highest BCUT2D eigenvalue weighted by molar-refractivity contribution is 14.1. The number of hydrogen-bond donors (Lipinski definition) is 2. The molecule has 0 aromatic carbocycles. The maximum Gasteiger partial charge on any atom is 0.145 e. The molecule has 0 aromatic heterocycles. The first-order chi connectivity index (χ1) is 6.10. The highest BCUT2D eigenvalue weighted by Gasteiger charge is 2.49. The summed E-state index contributed by atoms with van der Waals surface area (Å²) >= 11 is 2.59. The zero-order valence-corrected chi connectivity index (χ0v) is 9.75. The van der Waals surface area contributed by atoms with E-state index in [1.165, 1.54) is 19.3 Å². The Morgan fingerprint density at radius 1 is 1.15 bits per heavy atom. The number of amidine groups is 1. The molecule has 0 unspecified atom stereocenters. The van der Waals surface area contributed by atoms with E-state index in [0.717, 1.165) is 19.3 Å². The van der Waals surface area contributed by atoms with Gasteiger partial charge in [-0.15, -0.1) is 0 Å². The van der Waals surface area contributed by atoms with Gasteiger partial charge in [0.15, 0.2) is 0 Å². The smallest absolute Gasteiger partial charge is 0.145 e. The van der Waals surface area contributed by atoms with Gasteiger partial charge in [-0.3, -0.25) is 0 Å². The van der Waals surface area contributed by atoms with Crippen molar-refractivity contribution in [2.75, 3.05) is 0 Å². The Balaban J connectivity index is 2.20. The number of rotatable bonds is 1. The van der Waals surface area contributed by atoms with E-state index >= 15 is 0 Å². The Bertz CT molecular complexity index is 227. The van der Waals surface area contributed by atoms with Crippen LogP contribution in [-0.4, -0.2) is 14.5 Å². The monoisotopic (exact) mass is 294 g/mol. The molecule has 3 N–H and O–H groups in total. The van der Waals surface area contributed by atoms with Crippen LogP contribution in [0.5, 0.6) is 0 Å². The van der Waals surface area contributed by atoms with Gasteiger partial charge >= 0.3 is 0 Å². The van der Waals surface area contributed by atoms with Gasteiger partial charge in [0.05, 0.1) is 0 Å². The minimum absolute atomic E-state index is 0.0433. The molecule has 0 atom stereocenters. The van der Waals surface area contributed by atoms with Gasteiger partial charge in [0.2, 0.25) is 0 Å². The Kier molecular flexibility index (Phi) is 2.20. The molecule has 0 heterocycles. The fourth-order valence-electron chi connectivity index (χ4n) is 2.63. The minimum Gasteiger partial charge on any atom is -0.409 e. The fraction of sp³-hybridized carbons (Fsp3) is 0.889. The number of halogens is 1. The van der Waals surface area contributed by atoms with E-state index in [0.29, 0.717) is 9.26 Å². The third-order valence-corrected chi connectivity index (χ3v) is 5.42. The van der Waals surface area contributed by atoms with E-state index in [4.69, 9.17) is 10.9 Å². The molecule has 0 aliphatic heterocycles. The molecule has 74 valence electrons. The summed E-state index contributed by atoms with van der Waals surface area (Å²) in [5.41, 5.74) is 5.80. The second-order valence-corrected chi connectivity index (χ2v) is 6.70. The third kappa shape index (κ3) is 1.43. The van der Waals surface area contributed by atoms with Crippen molar-refractivity contribution in [3.8, 4) is 0 Å². The maximum absolute atomic E-state index is 8.73. The molecule has 0 spiro atoms. The number of nitrogens with two attached hydrogens (primary N) is 1. The molecule has 3 aliphatic carbocycles. The summed E-state index contributed by atoms with van der Waals surface area (Å²) in [6, 6.07) is 0. The summed E-state index contributed by atoms with van der Waals surface area (Å²) in [4.78, 5) is 0. The van der Waals surface area contributed by atoms with E-state index in [2.05, 4.69) is 27.7 Å². The largest absolute Gasteiger partial charge is 0.409 e. The predicted molar refractivity (Wildman–Crippen MR) is 60.3 cm³/mol. The van der Waals surface area contributed by atoms with Crippen molar-refractivity contribution in [3.63, 3.8) is 0 Å². The van der Waals surface area contributed by atoms with Gasteiger partial charge in [0.1, 0.15) is 5.84 Å². The minimum atomic E-state index is 0.0433. The zero-order valence-electron chi connectivity index (χ0n) is 7.59. The summed E-state index contributed by atoms with van der Waals surface area (Å²) < 4.78 is 0.523. The first-order valence-electron chi connectivity index (χ1n) is 4.77. The standard InChI is InChI=1S/C9H15IN2O/c10-9-4-1-8(2-5-9,3-6-9)7(11)12-13/h13H,1-6H2,(H2,11,12). The first kappa shape index (κ1) is 9.55. The van der Waals surface area contributed by atoms with Crippen molar-refractivity contribution >= 4 is 28.4 Å². The summed E-state index contributed by atoms with van der Waals surface area (Å²) in [5, 5.41) is 11.9. The molecular weight excluding hydrogens is 279 g/mol. The lowest BCUT2D eigenvalue weighted by Gasteiger charge is -2.50. The van der Waals surface area contributed by atoms with Crippen LogP contribution < -0.4 is 5.73 Å². The summed E-state index contributed by atoms with van der Waals surface area (Å²) in [6.07, 6.45) is 6.99. The average molecular weight is 294 g/mol. The predicted octanol–water partition coefficient (Wildman–Crippen LogP) is 2.26. The number of nitrogens with zero attached hydrogens (tertiary/aromatic N) is 1. The van der Waals surface area contributed by atoms with Crippen LogP contribution in [-0.2, 0) is 0 Å². The highest BCUT2D eigenvalue weighted by atomic mass is 127. The van der Waals surface area contributed by atoms with Gasteiger partial charge in [-0.2, -0.15) is 0 Å². The van der Waals surface area contributed by atoms with Crippen LogP contribution in [0.2, 0.25) is 0 Å². The van der Waals surface area contributed by atoms with E-state index in [1.807, 2.05) is 0 Å². The van der Waals surface area contributed by atoms with Crippen LogP contribution in [0, 0.1) is 5.41 Å². The Morgan fingerprint density at radius 2 is 1.62 bits per heavy atom. The molecule has 0 aromatic rings. The van der Waals surface area contributed by atoms with Crippen molar-refractivity contribution in [2.24, 2.45) is 16.3 Å². The third-order valence-electron chi connectivity index (χ3n) is 3.81. The number of oxime groups is 1. The molecule has 3 aliphatic rings. The molecule has 0 radical (unpaired) electrons. The first-order valence-corrected chi connectivity index (χ1v) is 5.85. The van der Waals surface area contributed by atoms with Gasteiger partial charge in [-0.05, 0) is 38.5 Å². The normalized spacial score (nSPS) is 45.2. The molecule has 2 bridgehead atoms. The van der Waals surface area contributed by atoms with Crippen molar-refractivity contribution in [3.05, 3.63) is 0 Å². The van der Waals surface area contributed by atoms with E-state index in [1.54, 1.807) is 0 Å². The van der Waals surface area contributed by atoms with Crippen LogP contribution >= 0.6 is 22.6 Å². The van der Waals surface area contributed by atoms with Crippen molar-refractivity contribution in [1.29, 1.82) is 0 Å². The Labute approximate surface area is 91.9 Å². The van der Waals surface area contributed by atoms with Crippen LogP contribution in [0.1, 0.15) is 38.5 Å². The lowest BCUT2D eigenvalue weighted by molar-refractivity contribution is 0.152. The van der Waals surface area contributed by atoms with E-state index < -0.39 is 0 Å². The summed E-state index contributed by atoms with van der Waals surface area (Å²) in [5.74, 6) is 0.464. The van der Waals surface area contributed by atoms with E-state index in [-0.39, 0.29) is 5.41 Å². The molecule has 3 nitrogen and oxygen atoms in total. The second-order valence-electron chi connectivity index (χ2n) is 4.42. The Hall–Kier alpha value is 0. The van der Waals surface area contributed by atoms with Crippen LogP contribution in [0.4, 0.5) is 0 Å². The molecule has 0 amide bonds. The fourth-order valence-corrected chi connectivity index (χ4v) is 3.44. The molecule has 3 saturated carbocycles. The van der Waals surface area contributed by atoms with Crippen LogP contribution in [0.3, 0.4) is 0 Å². The van der Waals surface area contributed by atoms with Gasteiger partial charge in [0, 0.05) is 8.84 Å². The maximum atomic E-state index is 8.73. The molecule has 3 rings (SSSR count). The highest BCUT2D eigenvalue weighted by Crippen LogP contribution is 2.56. The van der Waals surface area contributed by atoms with Gasteiger partial charge in [0.25, 0.3) is 0 Å². The van der Waals surface area contributed by atoms with Gasteiger partial charge in [-0.25, -0.2) is 0 Å². The topological polar surface area (TPSA) is 58.6 Å². The molecule has 3 fully saturated rings. The molecule has 4 heteroatoms. The van der Waals surface area contributed by atoms with Crippen molar-refractivity contribution < 1.29 is 5.21 Å². The molecule has 13 heavy (non-hydrogen) atoms. The number of hydrogen-bond acceptors (Lipinski definition) is 2. The zero-order chi connectivity index (χ0) is 9.53. The Morgan fingerprint density at radius 3 is 2.00 bits per heavy atom. The quantitative estimate of drug-likeness (QED) is 0.195. The molecular formula is C9H15IN2O. The van der Waals surface area contributed by atoms with Crippen LogP contribution in [0.25, 0.3) is 0 Å². The van der Waals surface area contributed by atoms with Crippen molar-refractivity contribution in [2.45, 2.75) is 41.9 Å². The van der Waals surface area contributed by atoms with E-state index in [9.17, 15) is 0 Å². The van der Waals surface area contributed by atoms with Gasteiger partial charge < -0.3 is 10.9 Å². The lowest BCUT2D eigenvalue weighted by Crippen LogP contribution is -2.49. The van der Waals surface area contributed by atoms with Crippen LogP contribution in [0.15, 0.2) is 5.16 Å². The average Bonchev–Trinajstić information content (AvgIpc) is 2.18. The van der Waals surface area contributed by atoms with Gasteiger partial charge in [-0.1, -0.05) is 27.7 Å². The summed E-state index contributed by atoms with van der Waals surface area (Å²) in [6.45, 7) is 0. The lowest BCUT2D eigenvalue weighted by atomic mass is 9.60.